The Hall–Kier alpha value is -3.65. The van der Waals surface area contributed by atoms with E-state index in [-0.39, 0.29) is 22.3 Å². The number of carbonyl (C=O) groups is 1. The number of nitrogens with zero attached hydrogens (tertiary/aromatic N) is 7. The van der Waals surface area contributed by atoms with Crippen molar-refractivity contribution in [2.75, 3.05) is 5.32 Å². The van der Waals surface area contributed by atoms with Gasteiger partial charge in [-0.05, 0) is 31.9 Å². The Labute approximate surface area is 200 Å². The monoisotopic (exact) mass is 504 g/mol. The molecule has 14 heteroatoms. The van der Waals surface area contributed by atoms with Crippen LogP contribution in [-0.2, 0) is 0 Å². The summed E-state index contributed by atoms with van der Waals surface area (Å²) in [5.41, 5.74) is 1.91. The Morgan fingerprint density at radius 1 is 1.29 bits per heavy atom. The van der Waals surface area contributed by atoms with Gasteiger partial charge in [-0.3, -0.25) is 9.78 Å². The van der Waals surface area contributed by atoms with Gasteiger partial charge in [-0.15, -0.1) is 21.5 Å². The van der Waals surface area contributed by atoms with E-state index in [1.807, 2.05) is 10.8 Å². The molecule has 1 fully saturated rings. The van der Waals surface area contributed by atoms with Crippen molar-refractivity contribution >= 4 is 23.1 Å². The van der Waals surface area contributed by atoms with Gasteiger partial charge in [0.25, 0.3) is 5.91 Å². The molecule has 0 saturated heterocycles. The van der Waals surface area contributed by atoms with Gasteiger partial charge in [0.2, 0.25) is 0 Å². The van der Waals surface area contributed by atoms with Crippen molar-refractivity contribution in [3.63, 3.8) is 0 Å². The number of aliphatic hydroxyl groups excluding tert-OH is 1. The standard InChI is InChI=1S/C21H19F3N8O2S/c1-11(17(33)21(22,23)24)32-10-27-30-18(32)20-29-16(8-35-20)28-19(34)14-6-13(4-5-25-14)31-7-15(26-9-31)12-2-3-12/h4-12,17,33H,2-3H2,1H3,(H,28,34). The third-order valence-corrected chi connectivity index (χ3v) is 6.45. The van der Waals surface area contributed by atoms with Gasteiger partial charge < -0.3 is 19.6 Å². The molecule has 1 saturated carbocycles. The van der Waals surface area contributed by atoms with E-state index in [1.165, 1.54) is 18.5 Å². The number of imidazole rings is 1. The van der Waals surface area contributed by atoms with Crippen LogP contribution in [0.25, 0.3) is 16.5 Å². The van der Waals surface area contributed by atoms with Crippen molar-refractivity contribution in [1.82, 2.24) is 34.3 Å². The van der Waals surface area contributed by atoms with Gasteiger partial charge in [0.1, 0.15) is 17.8 Å². The van der Waals surface area contributed by atoms with E-state index in [4.69, 9.17) is 0 Å². The highest BCUT2D eigenvalue weighted by molar-refractivity contribution is 7.13. The molecule has 1 amide bonds. The molecule has 4 aromatic rings. The zero-order chi connectivity index (χ0) is 24.7. The van der Waals surface area contributed by atoms with Gasteiger partial charge in [-0.25, -0.2) is 9.97 Å². The van der Waals surface area contributed by atoms with Crippen molar-refractivity contribution in [3.8, 4) is 16.5 Å². The number of nitrogens with one attached hydrogen (secondary N) is 1. The van der Waals surface area contributed by atoms with E-state index in [1.54, 1.807) is 18.5 Å². The second-order valence-electron chi connectivity index (χ2n) is 8.16. The van der Waals surface area contributed by atoms with Gasteiger partial charge in [0.15, 0.2) is 16.9 Å². The first kappa shape index (κ1) is 23.1. The molecule has 1 aliphatic carbocycles. The van der Waals surface area contributed by atoms with E-state index in [0.29, 0.717) is 5.92 Å². The molecule has 0 spiro atoms. The van der Waals surface area contributed by atoms with Crippen molar-refractivity contribution in [1.29, 1.82) is 0 Å². The van der Waals surface area contributed by atoms with Crippen molar-refractivity contribution in [2.45, 2.75) is 44.0 Å². The zero-order valence-electron chi connectivity index (χ0n) is 18.2. The number of hydrogen-bond donors (Lipinski definition) is 2. The Morgan fingerprint density at radius 3 is 2.83 bits per heavy atom. The van der Waals surface area contributed by atoms with Crippen molar-refractivity contribution < 1.29 is 23.1 Å². The lowest BCUT2D eigenvalue weighted by Gasteiger charge is -2.22. The number of anilines is 1. The van der Waals surface area contributed by atoms with Crippen LogP contribution in [0.5, 0.6) is 0 Å². The van der Waals surface area contributed by atoms with Crippen LogP contribution in [0.2, 0.25) is 0 Å². The van der Waals surface area contributed by atoms with Crippen LogP contribution in [0.15, 0.2) is 42.6 Å². The van der Waals surface area contributed by atoms with Crippen LogP contribution in [0, 0.1) is 0 Å². The number of amides is 1. The zero-order valence-corrected chi connectivity index (χ0v) is 19.0. The molecule has 0 aromatic carbocycles. The van der Waals surface area contributed by atoms with Crippen LogP contribution in [0.4, 0.5) is 19.0 Å². The summed E-state index contributed by atoms with van der Waals surface area (Å²) in [6, 6.07) is 2.01. The minimum atomic E-state index is -4.80. The van der Waals surface area contributed by atoms with E-state index >= 15 is 0 Å². The first-order valence-electron chi connectivity index (χ1n) is 10.6. The van der Waals surface area contributed by atoms with Crippen molar-refractivity contribution in [2.24, 2.45) is 0 Å². The van der Waals surface area contributed by atoms with Crippen LogP contribution in [0.3, 0.4) is 0 Å². The maximum Gasteiger partial charge on any atom is 0.416 e. The van der Waals surface area contributed by atoms with Gasteiger partial charge >= 0.3 is 6.18 Å². The van der Waals surface area contributed by atoms with Gasteiger partial charge in [-0.1, -0.05) is 0 Å². The molecule has 4 heterocycles. The fraction of sp³-hybridized carbons (Fsp3) is 0.333. The Bertz CT molecular complexity index is 1360. The van der Waals surface area contributed by atoms with Crippen LogP contribution >= 0.6 is 11.3 Å². The van der Waals surface area contributed by atoms with E-state index in [9.17, 15) is 23.1 Å². The smallest absolute Gasteiger partial charge is 0.382 e. The number of pyridine rings is 1. The number of thiazole rings is 1. The topological polar surface area (TPSA) is 124 Å². The molecule has 182 valence electrons. The largest absolute Gasteiger partial charge is 0.416 e. The Kier molecular flexibility index (Phi) is 5.84. The molecule has 2 N–H and O–H groups in total. The number of aromatic nitrogens is 7. The summed E-state index contributed by atoms with van der Waals surface area (Å²) in [5.74, 6) is 0.219. The minimum Gasteiger partial charge on any atom is -0.382 e. The molecular weight excluding hydrogens is 485 g/mol. The molecule has 0 aliphatic heterocycles. The summed E-state index contributed by atoms with van der Waals surface area (Å²) in [5, 5.41) is 21.5. The molecule has 2 unspecified atom stereocenters. The second kappa shape index (κ2) is 8.85. The highest BCUT2D eigenvalue weighted by atomic mass is 32.1. The molecule has 0 radical (unpaired) electrons. The molecular formula is C21H19F3N8O2S. The van der Waals surface area contributed by atoms with E-state index < -0.39 is 24.2 Å². The van der Waals surface area contributed by atoms with E-state index in [2.05, 4.69) is 30.5 Å². The minimum absolute atomic E-state index is 0.0398. The second-order valence-corrected chi connectivity index (χ2v) is 9.02. The maximum atomic E-state index is 12.9. The predicted molar refractivity (Wildman–Crippen MR) is 119 cm³/mol. The number of hydrogen-bond acceptors (Lipinski definition) is 8. The summed E-state index contributed by atoms with van der Waals surface area (Å²) >= 11 is 1.06. The molecule has 0 bridgehead atoms. The molecule has 1 aliphatic rings. The molecule has 5 rings (SSSR count). The number of alkyl halides is 3. The summed E-state index contributed by atoms with van der Waals surface area (Å²) in [7, 11) is 0. The number of aliphatic hydroxyl groups is 1. The highest BCUT2D eigenvalue weighted by Crippen LogP contribution is 2.39. The number of halogens is 3. The summed E-state index contributed by atoms with van der Waals surface area (Å²) in [4.78, 5) is 25.5. The van der Waals surface area contributed by atoms with Gasteiger partial charge in [0.05, 0.1) is 23.8 Å². The Balaban J connectivity index is 1.31. The number of rotatable bonds is 7. The van der Waals surface area contributed by atoms with Gasteiger partial charge in [0, 0.05) is 23.7 Å². The fourth-order valence-electron chi connectivity index (χ4n) is 3.51. The average molecular weight is 504 g/mol. The Morgan fingerprint density at radius 2 is 2.09 bits per heavy atom. The van der Waals surface area contributed by atoms with Crippen LogP contribution < -0.4 is 5.32 Å². The molecule has 2 atom stereocenters. The summed E-state index contributed by atoms with van der Waals surface area (Å²) < 4.78 is 41.7. The third-order valence-electron chi connectivity index (χ3n) is 5.61. The lowest BCUT2D eigenvalue weighted by molar-refractivity contribution is -0.214. The quantitative estimate of drug-likeness (QED) is 0.394. The summed E-state index contributed by atoms with van der Waals surface area (Å²) in [6.07, 6.45) is 1.10. The van der Waals surface area contributed by atoms with E-state index in [0.717, 1.165) is 46.5 Å². The first-order chi connectivity index (χ1) is 16.7. The van der Waals surface area contributed by atoms with Crippen molar-refractivity contribution in [3.05, 3.63) is 53.9 Å². The third kappa shape index (κ3) is 4.79. The average Bonchev–Trinajstić information content (AvgIpc) is 3.21. The number of carbonyl (C=O) groups excluding carboxylic acids is 1. The first-order valence-corrected chi connectivity index (χ1v) is 11.5. The van der Waals surface area contributed by atoms with Gasteiger partial charge in [-0.2, -0.15) is 13.2 Å². The predicted octanol–water partition coefficient (Wildman–Crippen LogP) is 3.60. The molecule has 35 heavy (non-hydrogen) atoms. The lowest BCUT2D eigenvalue weighted by atomic mass is 10.2. The fourth-order valence-corrected chi connectivity index (χ4v) is 4.24. The maximum absolute atomic E-state index is 12.9. The summed E-state index contributed by atoms with van der Waals surface area (Å²) in [6.45, 7) is 1.20. The van der Waals surface area contributed by atoms with Crippen LogP contribution in [-0.4, -0.2) is 57.6 Å². The SMILES string of the molecule is CC(C(O)C(F)(F)F)n1cnnc1-c1nc(NC(=O)c2cc(-n3cnc(C4CC4)c3)ccn2)cs1. The molecule has 10 nitrogen and oxygen atoms in total. The highest BCUT2D eigenvalue weighted by Gasteiger charge is 2.43. The normalized spacial score (nSPS) is 15.7. The van der Waals surface area contributed by atoms with Crippen LogP contribution in [0.1, 0.15) is 47.9 Å². The lowest BCUT2D eigenvalue weighted by Crippen LogP contribution is -2.36. The molecule has 4 aromatic heterocycles.